The summed E-state index contributed by atoms with van der Waals surface area (Å²) in [6.07, 6.45) is 1.68. The average Bonchev–Trinajstić information content (AvgIpc) is 2.98. The lowest BCUT2D eigenvalue weighted by molar-refractivity contribution is -0.135. The van der Waals surface area contributed by atoms with Crippen molar-refractivity contribution in [2.24, 2.45) is 4.99 Å². The van der Waals surface area contributed by atoms with Crippen molar-refractivity contribution < 1.29 is 24.5 Å². The number of carbonyl (C=O) groups is 1. The van der Waals surface area contributed by atoms with Gasteiger partial charge < -0.3 is 19.7 Å². The lowest BCUT2D eigenvalue weighted by atomic mass is 10.1. The molecular formula is C20H17NO5S. The van der Waals surface area contributed by atoms with Gasteiger partial charge in [0.2, 0.25) is 0 Å². The number of carbonyl (C=O) groups excluding carboxylic acids is 1. The summed E-state index contributed by atoms with van der Waals surface area (Å²) in [7, 11) is 2.70. The van der Waals surface area contributed by atoms with Crippen molar-refractivity contribution in [1.82, 2.24) is 0 Å². The molecule has 2 aromatic rings. The number of aromatic hydroxyl groups is 1. The number of para-hydroxylation sites is 1. The Kier molecular flexibility index (Phi) is 5.52. The van der Waals surface area contributed by atoms with Gasteiger partial charge in [-0.25, -0.2) is 9.79 Å². The number of methoxy groups -OCH3 is 2. The number of rotatable bonds is 4. The van der Waals surface area contributed by atoms with Crippen molar-refractivity contribution in [3.63, 3.8) is 0 Å². The van der Waals surface area contributed by atoms with Gasteiger partial charge in [-0.15, -0.1) is 0 Å². The van der Waals surface area contributed by atoms with Crippen LogP contribution in [0.4, 0.5) is 5.69 Å². The lowest BCUT2D eigenvalue weighted by Crippen LogP contribution is -2.10. The summed E-state index contributed by atoms with van der Waals surface area (Å²) in [5.41, 5.74) is 1.36. The Morgan fingerprint density at radius 1 is 1.11 bits per heavy atom. The number of hydrogen-bond donors (Lipinski definition) is 2. The van der Waals surface area contributed by atoms with E-state index in [1.54, 1.807) is 30.3 Å². The molecule has 0 radical (unpaired) electrons. The Bertz CT molecular complexity index is 964. The first kappa shape index (κ1) is 18.6. The zero-order chi connectivity index (χ0) is 19.4. The second-order valence-electron chi connectivity index (χ2n) is 5.51. The van der Waals surface area contributed by atoms with E-state index in [0.29, 0.717) is 26.9 Å². The molecular weight excluding hydrogens is 366 g/mol. The molecule has 0 spiro atoms. The molecule has 1 aliphatic heterocycles. The minimum Gasteiger partial charge on any atom is -0.506 e. The van der Waals surface area contributed by atoms with Crippen molar-refractivity contribution in [2.75, 3.05) is 14.2 Å². The monoisotopic (exact) mass is 383 g/mol. The Morgan fingerprint density at radius 3 is 2.52 bits per heavy atom. The Balaban J connectivity index is 2.04. The number of phenols is 1. The largest absolute Gasteiger partial charge is 0.506 e. The number of aliphatic hydroxyl groups is 1. The van der Waals surface area contributed by atoms with Crippen LogP contribution in [-0.2, 0) is 9.53 Å². The molecule has 0 bridgehead atoms. The van der Waals surface area contributed by atoms with Crippen LogP contribution in [0.25, 0.3) is 6.08 Å². The highest BCUT2D eigenvalue weighted by Crippen LogP contribution is 2.40. The van der Waals surface area contributed by atoms with Crippen molar-refractivity contribution in [3.8, 4) is 11.5 Å². The Labute approximate surface area is 160 Å². The summed E-state index contributed by atoms with van der Waals surface area (Å²) < 4.78 is 9.89. The average molecular weight is 383 g/mol. The van der Waals surface area contributed by atoms with Gasteiger partial charge in [-0.1, -0.05) is 36.0 Å². The third-order valence-corrected chi connectivity index (χ3v) is 4.79. The van der Waals surface area contributed by atoms with Crippen LogP contribution in [-0.4, -0.2) is 35.4 Å². The van der Waals surface area contributed by atoms with Crippen molar-refractivity contribution in [1.29, 1.82) is 0 Å². The quantitative estimate of drug-likeness (QED) is 0.769. The van der Waals surface area contributed by atoms with Gasteiger partial charge in [-0.05, 0) is 35.9 Å². The van der Waals surface area contributed by atoms with E-state index >= 15 is 0 Å². The van der Waals surface area contributed by atoms with Crippen LogP contribution >= 0.6 is 11.8 Å². The molecule has 0 amide bonds. The Morgan fingerprint density at radius 2 is 1.85 bits per heavy atom. The molecule has 138 valence electrons. The van der Waals surface area contributed by atoms with Crippen LogP contribution in [0.3, 0.4) is 0 Å². The molecule has 27 heavy (non-hydrogen) atoms. The molecule has 0 unspecified atom stereocenters. The highest BCUT2D eigenvalue weighted by atomic mass is 32.2. The summed E-state index contributed by atoms with van der Waals surface area (Å²) >= 11 is 1.16. The summed E-state index contributed by atoms with van der Waals surface area (Å²) in [6.45, 7) is 0. The summed E-state index contributed by atoms with van der Waals surface area (Å²) in [5.74, 6) is -0.544. The highest BCUT2D eigenvalue weighted by Gasteiger charge is 2.33. The van der Waals surface area contributed by atoms with Gasteiger partial charge in [-0.2, -0.15) is 0 Å². The standard InChI is InChI=1S/C20H17NO5S/c1-25-15-10-12(8-9-14(15)22)11-16-18(23)17(20(24)26-2)19(27-16)21-13-6-4-3-5-7-13/h3-11,22-23H,1-2H3. The summed E-state index contributed by atoms with van der Waals surface area (Å²) in [6, 6.07) is 13.9. The summed E-state index contributed by atoms with van der Waals surface area (Å²) in [4.78, 5) is 17.1. The predicted octanol–water partition coefficient (Wildman–Crippen LogP) is 4.20. The number of ether oxygens (including phenoxy) is 2. The van der Waals surface area contributed by atoms with E-state index in [4.69, 9.17) is 9.47 Å². The molecule has 0 atom stereocenters. The molecule has 0 aliphatic carbocycles. The second-order valence-corrected chi connectivity index (χ2v) is 6.54. The van der Waals surface area contributed by atoms with Crippen LogP contribution in [0.5, 0.6) is 11.5 Å². The van der Waals surface area contributed by atoms with E-state index < -0.39 is 5.97 Å². The van der Waals surface area contributed by atoms with Crippen LogP contribution < -0.4 is 4.74 Å². The van der Waals surface area contributed by atoms with Gasteiger partial charge in [0.25, 0.3) is 0 Å². The molecule has 3 rings (SSSR count). The van der Waals surface area contributed by atoms with E-state index in [0.717, 1.165) is 11.8 Å². The fraction of sp³-hybridized carbons (Fsp3) is 0.100. The van der Waals surface area contributed by atoms with Gasteiger partial charge in [0.15, 0.2) is 11.5 Å². The molecule has 0 saturated heterocycles. The number of thioether (sulfide) groups is 1. The van der Waals surface area contributed by atoms with Crippen LogP contribution in [0.1, 0.15) is 5.56 Å². The molecule has 2 N–H and O–H groups in total. The highest BCUT2D eigenvalue weighted by molar-refractivity contribution is 8.18. The fourth-order valence-corrected chi connectivity index (χ4v) is 3.48. The molecule has 7 heteroatoms. The van der Waals surface area contributed by atoms with Crippen LogP contribution in [0.15, 0.2) is 69.8 Å². The maximum atomic E-state index is 12.2. The van der Waals surface area contributed by atoms with Gasteiger partial charge >= 0.3 is 5.97 Å². The van der Waals surface area contributed by atoms with Gasteiger partial charge in [-0.3, -0.25) is 0 Å². The van der Waals surface area contributed by atoms with E-state index in [1.807, 2.05) is 18.2 Å². The maximum Gasteiger partial charge on any atom is 0.344 e. The normalized spacial score (nSPS) is 16.8. The minimum atomic E-state index is -0.665. The number of aliphatic hydroxyl groups excluding tert-OH is 1. The predicted molar refractivity (Wildman–Crippen MR) is 105 cm³/mol. The smallest absolute Gasteiger partial charge is 0.344 e. The topological polar surface area (TPSA) is 88.4 Å². The van der Waals surface area contributed by atoms with Gasteiger partial charge in [0.1, 0.15) is 16.4 Å². The van der Waals surface area contributed by atoms with E-state index in [-0.39, 0.29) is 17.1 Å². The molecule has 0 saturated carbocycles. The van der Waals surface area contributed by atoms with Gasteiger partial charge in [0, 0.05) is 0 Å². The molecule has 1 aliphatic rings. The lowest BCUT2D eigenvalue weighted by Gasteiger charge is -2.04. The number of nitrogens with zero attached hydrogens (tertiary/aromatic N) is 1. The van der Waals surface area contributed by atoms with Crippen molar-refractivity contribution in [2.45, 2.75) is 0 Å². The number of aliphatic imine (C=N–C) groups is 1. The Hall–Kier alpha value is -3.19. The molecule has 6 nitrogen and oxygen atoms in total. The number of benzene rings is 2. The van der Waals surface area contributed by atoms with E-state index in [9.17, 15) is 15.0 Å². The SMILES string of the molecule is COC(=O)C1=C(O)C(=Cc2ccc(O)c(OC)c2)SC1=Nc1ccccc1. The fourth-order valence-electron chi connectivity index (χ4n) is 2.45. The van der Waals surface area contributed by atoms with E-state index in [1.165, 1.54) is 20.3 Å². The number of phenolic OH excluding ortho intramolecular Hbond substituents is 1. The zero-order valence-corrected chi connectivity index (χ0v) is 15.5. The van der Waals surface area contributed by atoms with Crippen molar-refractivity contribution >= 4 is 34.5 Å². The third-order valence-electron chi connectivity index (χ3n) is 3.77. The van der Waals surface area contributed by atoms with Gasteiger partial charge in [0.05, 0.1) is 24.8 Å². The number of esters is 1. The first-order valence-corrected chi connectivity index (χ1v) is 8.77. The second kappa shape index (κ2) is 8.01. The van der Waals surface area contributed by atoms with E-state index in [2.05, 4.69) is 4.99 Å². The summed E-state index contributed by atoms with van der Waals surface area (Å²) in [5, 5.41) is 20.6. The first-order valence-electron chi connectivity index (χ1n) is 7.96. The minimum absolute atomic E-state index is 0.0140. The molecule has 2 aromatic carbocycles. The third kappa shape index (κ3) is 3.98. The maximum absolute atomic E-state index is 12.2. The van der Waals surface area contributed by atoms with Crippen LogP contribution in [0, 0.1) is 0 Å². The first-order chi connectivity index (χ1) is 13.0. The molecule has 1 heterocycles. The van der Waals surface area contributed by atoms with Crippen molar-refractivity contribution in [3.05, 3.63) is 70.3 Å². The molecule has 0 aromatic heterocycles. The zero-order valence-electron chi connectivity index (χ0n) is 14.7. The number of hydrogen-bond acceptors (Lipinski definition) is 7. The van der Waals surface area contributed by atoms with Crippen LogP contribution in [0.2, 0.25) is 0 Å². The molecule has 0 fully saturated rings.